The Bertz CT molecular complexity index is 1160. The maximum Gasteiger partial charge on any atom is 0.416 e. The lowest BCUT2D eigenvalue weighted by Gasteiger charge is -2.35. The third-order valence-electron chi connectivity index (χ3n) is 5.95. The number of alkyl halides is 3. The lowest BCUT2D eigenvalue weighted by molar-refractivity contribution is -0.137. The average molecular weight is 470 g/mol. The number of rotatable bonds is 5. The van der Waals surface area contributed by atoms with E-state index >= 15 is 0 Å². The Morgan fingerprint density at radius 1 is 0.882 bits per heavy atom. The minimum atomic E-state index is -4.39. The van der Waals surface area contributed by atoms with Crippen molar-refractivity contribution in [1.29, 1.82) is 0 Å². The molecule has 5 rings (SSSR count). The number of benzene rings is 2. The summed E-state index contributed by atoms with van der Waals surface area (Å²) < 4.78 is 49.5. The number of anilines is 1. The van der Waals surface area contributed by atoms with Crippen molar-refractivity contribution in [2.24, 2.45) is 0 Å². The van der Waals surface area contributed by atoms with Crippen LogP contribution in [-0.2, 0) is 19.3 Å². The highest BCUT2D eigenvalue weighted by atomic mass is 19.4. The summed E-state index contributed by atoms with van der Waals surface area (Å²) in [6.07, 6.45) is -4.39. The zero-order chi connectivity index (χ0) is 23.7. The van der Waals surface area contributed by atoms with Crippen molar-refractivity contribution in [3.63, 3.8) is 0 Å². The molecule has 2 aromatic carbocycles. The molecule has 3 aromatic rings. The van der Waals surface area contributed by atoms with E-state index in [1.807, 2.05) is 18.2 Å². The summed E-state index contributed by atoms with van der Waals surface area (Å²) in [5.74, 6) is 2.04. The minimum absolute atomic E-state index is 0.0345. The number of hydrogen-bond acceptors (Lipinski definition) is 6. The molecule has 2 aliphatic heterocycles. The van der Waals surface area contributed by atoms with Crippen molar-refractivity contribution in [2.75, 3.05) is 37.9 Å². The molecule has 178 valence electrons. The molecule has 1 fully saturated rings. The van der Waals surface area contributed by atoms with Gasteiger partial charge in [-0.2, -0.15) is 13.2 Å². The molecule has 1 aromatic heterocycles. The number of halogens is 3. The van der Waals surface area contributed by atoms with Gasteiger partial charge in [-0.3, -0.25) is 4.90 Å². The maximum atomic E-state index is 12.9. The summed E-state index contributed by atoms with van der Waals surface area (Å²) in [6, 6.07) is 12.5. The monoisotopic (exact) mass is 470 g/mol. The van der Waals surface area contributed by atoms with Crippen LogP contribution < -0.4 is 14.4 Å². The van der Waals surface area contributed by atoms with Crippen molar-refractivity contribution in [3.05, 3.63) is 71.1 Å². The molecule has 1 saturated heterocycles. The third kappa shape index (κ3) is 4.78. The van der Waals surface area contributed by atoms with Crippen LogP contribution in [-0.4, -0.2) is 47.8 Å². The molecule has 34 heavy (non-hydrogen) atoms. The summed E-state index contributed by atoms with van der Waals surface area (Å²) >= 11 is 0. The molecule has 0 radical (unpaired) electrons. The third-order valence-corrected chi connectivity index (χ3v) is 5.95. The van der Waals surface area contributed by atoms with Gasteiger partial charge in [-0.1, -0.05) is 18.2 Å². The van der Waals surface area contributed by atoms with E-state index < -0.39 is 11.7 Å². The van der Waals surface area contributed by atoms with Gasteiger partial charge in [-0.05, 0) is 35.9 Å². The fraction of sp³-hybridized carbons (Fsp3) is 0.333. The lowest BCUT2D eigenvalue weighted by atomic mass is 10.1. The smallest absolute Gasteiger partial charge is 0.416 e. The van der Waals surface area contributed by atoms with Gasteiger partial charge in [0.25, 0.3) is 0 Å². The fourth-order valence-corrected chi connectivity index (χ4v) is 4.10. The second kappa shape index (κ2) is 9.11. The molecule has 3 heterocycles. The van der Waals surface area contributed by atoms with E-state index in [2.05, 4.69) is 19.8 Å². The van der Waals surface area contributed by atoms with E-state index in [1.165, 1.54) is 12.1 Å². The summed E-state index contributed by atoms with van der Waals surface area (Å²) in [6.45, 7) is 4.03. The summed E-state index contributed by atoms with van der Waals surface area (Å²) in [5, 5.41) is 0. The zero-order valence-electron chi connectivity index (χ0n) is 18.3. The summed E-state index contributed by atoms with van der Waals surface area (Å²) in [4.78, 5) is 13.5. The van der Waals surface area contributed by atoms with Crippen molar-refractivity contribution >= 4 is 5.95 Å². The Morgan fingerprint density at radius 3 is 2.32 bits per heavy atom. The number of nitrogens with zero attached hydrogens (tertiary/aromatic N) is 4. The number of aromatic nitrogens is 2. The quantitative estimate of drug-likeness (QED) is 0.535. The van der Waals surface area contributed by atoms with Crippen molar-refractivity contribution < 1.29 is 22.6 Å². The molecule has 1 N–H and O–H groups in total. The molecule has 7 nitrogen and oxygen atoms in total. The van der Waals surface area contributed by atoms with E-state index in [0.717, 1.165) is 48.8 Å². The largest absolute Gasteiger partial charge is 0.672 e. The van der Waals surface area contributed by atoms with Crippen molar-refractivity contribution in [3.8, 4) is 22.8 Å². The summed E-state index contributed by atoms with van der Waals surface area (Å²) in [7, 11) is 0. The Labute approximate surface area is 194 Å². The normalized spacial score (nSPS) is 16.2. The van der Waals surface area contributed by atoms with E-state index in [-0.39, 0.29) is 13.3 Å². The van der Waals surface area contributed by atoms with E-state index in [1.54, 1.807) is 6.07 Å². The van der Waals surface area contributed by atoms with Crippen LogP contribution in [0.25, 0.3) is 17.0 Å². The molecule has 0 unspecified atom stereocenters. The second-order valence-corrected chi connectivity index (χ2v) is 8.25. The predicted molar refractivity (Wildman–Crippen MR) is 121 cm³/mol. The van der Waals surface area contributed by atoms with E-state index in [4.69, 9.17) is 15.2 Å². The maximum absolute atomic E-state index is 12.9. The highest BCUT2D eigenvalue weighted by Gasteiger charge is 2.30. The Kier molecular flexibility index (Phi) is 6.01. The molecule has 0 bridgehead atoms. The molecule has 0 aliphatic carbocycles. The van der Waals surface area contributed by atoms with E-state index in [9.17, 15) is 13.2 Å². The SMILES string of the molecule is [NH-]Cc1cc(-c2ccc(C(F)(F)F)cc2)nc(N2CCN(Cc3ccc4c(c3)OCO4)CC2)n1. The summed E-state index contributed by atoms with van der Waals surface area (Å²) in [5.41, 5.74) is 9.81. The number of hydrogen-bond donors (Lipinski definition) is 0. The first-order chi connectivity index (χ1) is 16.4. The highest BCUT2D eigenvalue weighted by Crippen LogP contribution is 2.33. The topological polar surface area (TPSA) is 74.5 Å². The number of ether oxygens (including phenoxy) is 2. The van der Waals surface area contributed by atoms with Gasteiger partial charge in [-0.25, -0.2) is 9.97 Å². The van der Waals surface area contributed by atoms with Gasteiger partial charge in [-0.15, -0.1) is 6.54 Å². The number of nitrogens with one attached hydrogen (secondary N) is 1. The lowest BCUT2D eigenvalue weighted by Crippen LogP contribution is -2.46. The highest BCUT2D eigenvalue weighted by molar-refractivity contribution is 5.61. The Hall–Kier alpha value is -3.37. The van der Waals surface area contributed by atoms with Crippen molar-refractivity contribution in [1.82, 2.24) is 14.9 Å². The molecular weight excluding hydrogens is 447 g/mol. The van der Waals surface area contributed by atoms with Gasteiger partial charge in [0.2, 0.25) is 12.7 Å². The predicted octanol–water partition coefficient (Wildman–Crippen LogP) is 4.77. The van der Waals surface area contributed by atoms with Crippen LogP contribution in [0.4, 0.5) is 19.1 Å². The first-order valence-electron chi connectivity index (χ1n) is 10.9. The van der Waals surface area contributed by atoms with Gasteiger partial charge >= 0.3 is 6.18 Å². The van der Waals surface area contributed by atoms with Crippen LogP contribution >= 0.6 is 0 Å². The number of fused-ring (bicyclic) bond motifs is 1. The fourth-order valence-electron chi connectivity index (χ4n) is 4.10. The molecule has 2 aliphatic rings. The van der Waals surface area contributed by atoms with Crippen LogP contribution in [0, 0.1) is 0 Å². The molecule has 0 spiro atoms. The van der Waals surface area contributed by atoms with Gasteiger partial charge in [0, 0.05) is 44.0 Å². The first-order valence-corrected chi connectivity index (χ1v) is 10.9. The standard InChI is InChI=1S/C24H23F3N5O2/c25-24(26,27)18-4-2-17(3-5-18)20-12-19(13-28)29-23(30-20)32-9-7-31(8-10-32)14-16-1-6-21-22(11-16)34-15-33-21/h1-6,11-12,28H,7-10,13-15H2/q-1. The second-order valence-electron chi connectivity index (χ2n) is 8.25. The van der Waals surface area contributed by atoms with Crippen LogP contribution in [0.5, 0.6) is 11.5 Å². The Morgan fingerprint density at radius 2 is 1.62 bits per heavy atom. The van der Waals surface area contributed by atoms with Crippen molar-refractivity contribution in [2.45, 2.75) is 19.3 Å². The zero-order valence-corrected chi connectivity index (χ0v) is 18.3. The van der Waals surface area contributed by atoms with Crippen LogP contribution in [0.2, 0.25) is 0 Å². The minimum Gasteiger partial charge on any atom is -0.672 e. The molecule has 0 saturated carbocycles. The van der Waals surface area contributed by atoms with Crippen LogP contribution in [0.15, 0.2) is 48.5 Å². The first kappa shape index (κ1) is 22.4. The van der Waals surface area contributed by atoms with Crippen LogP contribution in [0.1, 0.15) is 16.8 Å². The average Bonchev–Trinajstić information content (AvgIpc) is 3.32. The molecule has 0 atom stereocenters. The Balaban J connectivity index is 1.28. The van der Waals surface area contributed by atoms with Gasteiger partial charge < -0.3 is 20.1 Å². The van der Waals surface area contributed by atoms with E-state index in [0.29, 0.717) is 36.0 Å². The molecular formula is C24H23F3N5O2-. The molecule has 0 amide bonds. The van der Waals surface area contributed by atoms with Gasteiger partial charge in [0.1, 0.15) is 0 Å². The molecule has 10 heteroatoms. The van der Waals surface area contributed by atoms with Crippen LogP contribution in [0.3, 0.4) is 0 Å². The van der Waals surface area contributed by atoms with Gasteiger partial charge in [0.05, 0.1) is 11.3 Å². The number of piperazine rings is 1. The van der Waals surface area contributed by atoms with Gasteiger partial charge in [0.15, 0.2) is 11.5 Å².